The topological polar surface area (TPSA) is 20.3 Å². The second kappa shape index (κ2) is 7.72. The van der Waals surface area contributed by atoms with Crippen molar-refractivity contribution in [1.82, 2.24) is 4.90 Å². The minimum absolute atomic E-state index is 0.0564. The van der Waals surface area contributed by atoms with Crippen LogP contribution in [0.1, 0.15) is 42.9 Å². The van der Waals surface area contributed by atoms with Crippen LogP contribution in [0.15, 0.2) is 35.2 Å². The van der Waals surface area contributed by atoms with Gasteiger partial charge in [-0.05, 0) is 39.8 Å². The SMILES string of the molecule is [2H][C@](C)(Sc1ccccc1)[C@@H](C)C(=O)N(C(C)C)C(C)C. The Morgan fingerprint density at radius 2 is 1.55 bits per heavy atom. The van der Waals surface area contributed by atoms with Gasteiger partial charge in [-0.15, -0.1) is 11.8 Å². The van der Waals surface area contributed by atoms with E-state index in [0.717, 1.165) is 4.90 Å². The first-order valence-electron chi connectivity index (χ1n) is 7.73. The van der Waals surface area contributed by atoms with Gasteiger partial charge in [0.15, 0.2) is 0 Å². The van der Waals surface area contributed by atoms with Crippen LogP contribution in [0.3, 0.4) is 0 Å². The number of thioether (sulfide) groups is 1. The Labute approximate surface area is 129 Å². The van der Waals surface area contributed by atoms with Crippen molar-refractivity contribution in [2.24, 2.45) is 5.92 Å². The molecule has 20 heavy (non-hydrogen) atoms. The second-order valence-corrected chi connectivity index (χ2v) is 7.00. The third-order valence-corrected chi connectivity index (χ3v) is 4.55. The van der Waals surface area contributed by atoms with Gasteiger partial charge in [-0.2, -0.15) is 0 Å². The third-order valence-electron chi connectivity index (χ3n) is 3.37. The smallest absolute Gasteiger partial charge is 0.226 e. The van der Waals surface area contributed by atoms with Crippen LogP contribution >= 0.6 is 11.8 Å². The van der Waals surface area contributed by atoms with Crippen LogP contribution in [0.25, 0.3) is 0 Å². The second-order valence-electron chi connectivity index (χ2n) is 5.68. The molecule has 0 bridgehead atoms. The maximum absolute atomic E-state index is 12.8. The molecule has 2 nitrogen and oxygen atoms in total. The molecule has 0 saturated carbocycles. The van der Waals surface area contributed by atoms with E-state index in [1.807, 2.05) is 76.8 Å². The van der Waals surface area contributed by atoms with E-state index in [1.54, 1.807) is 0 Å². The zero-order valence-electron chi connectivity index (χ0n) is 14.4. The quantitative estimate of drug-likeness (QED) is 0.723. The van der Waals surface area contributed by atoms with Gasteiger partial charge in [0.1, 0.15) is 0 Å². The molecule has 0 saturated heterocycles. The fourth-order valence-corrected chi connectivity index (χ4v) is 3.21. The van der Waals surface area contributed by atoms with E-state index in [2.05, 4.69) is 0 Å². The van der Waals surface area contributed by atoms with E-state index in [4.69, 9.17) is 1.37 Å². The summed E-state index contributed by atoms with van der Waals surface area (Å²) in [5, 5.41) is -0.888. The molecule has 0 radical (unpaired) electrons. The number of hydrogen-bond acceptors (Lipinski definition) is 2. The molecular formula is C17H27NOS. The number of carbonyl (C=O) groups excluding carboxylic acids is 1. The van der Waals surface area contributed by atoms with Gasteiger partial charge in [0.05, 0.1) is 0 Å². The molecule has 1 rings (SSSR count). The van der Waals surface area contributed by atoms with Crippen molar-refractivity contribution in [3.8, 4) is 0 Å². The minimum Gasteiger partial charge on any atom is -0.338 e. The van der Waals surface area contributed by atoms with Gasteiger partial charge < -0.3 is 4.90 Å². The maximum Gasteiger partial charge on any atom is 0.226 e. The summed E-state index contributed by atoms with van der Waals surface area (Å²) in [5.74, 6) is -0.312. The van der Waals surface area contributed by atoms with Gasteiger partial charge in [-0.3, -0.25) is 4.79 Å². The molecule has 0 aliphatic heterocycles. The lowest BCUT2D eigenvalue weighted by Gasteiger charge is -2.34. The molecule has 0 aliphatic carbocycles. The number of carbonyl (C=O) groups is 1. The van der Waals surface area contributed by atoms with Gasteiger partial charge in [0.25, 0.3) is 0 Å². The summed E-state index contributed by atoms with van der Waals surface area (Å²) in [6.45, 7) is 11.8. The summed E-state index contributed by atoms with van der Waals surface area (Å²) in [6, 6.07) is 10.1. The van der Waals surface area contributed by atoms with Crippen LogP contribution in [-0.2, 0) is 4.79 Å². The van der Waals surface area contributed by atoms with Gasteiger partial charge in [-0.25, -0.2) is 0 Å². The van der Waals surface area contributed by atoms with Crippen molar-refractivity contribution in [2.45, 2.75) is 63.7 Å². The highest BCUT2D eigenvalue weighted by atomic mass is 32.2. The van der Waals surface area contributed by atoms with E-state index in [9.17, 15) is 4.79 Å². The van der Waals surface area contributed by atoms with Gasteiger partial charge in [0.2, 0.25) is 5.91 Å². The van der Waals surface area contributed by atoms with Crippen molar-refractivity contribution in [3.05, 3.63) is 30.3 Å². The molecule has 3 heteroatoms. The van der Waals surface area contributed by atoms with E-state index < -0.39 is 5.23 Å². The highest BCUT2D eigenvalue weighted by Gasteiger charge is 2.28. The van der Waals surface area contributed by atoms with E-state index in [-0.39, 0.29) is 23.9 Å². The molecule has 112 valence electrons. The first kappa shape index (κ1) is 15.4. The standard InChI is InChI=1S/C17H27NOS/c1-12(2)18(13(3)4)17(19)14(5)15(6)20-16-10-8-7-9-11-16/h7-15H,1-6H3/t14-,15-/m1/s1/i15D. The molecule has 1 amide bonds. The third kappa shape index (κ3) is 4.55. The Balaban J connectivity index is 2.89. The zero-order valence-corrected chi connectivity index (χ0v) is 14.2. The van der Waals surface area contributed by atoms with Crippen LogP contribution in [0.4, 0.5) is 0 Å². The Kier molecular flexibility index (Phi) is 5.96. The monoisotopic (exact) mass is 294 g/mol. The number of amides is 1. The summed E-state index contributed by atoms with van der Waals surface area (Å²) < 4.78 is 8.59. The van der Waals surface area contributed by atoms with Crippen molar-refractivity contribution >= 4 is 17.7 Å². The van der Waals surface area contributed by atoms with Crippen LogP contribution in [0, 0.1) is 5.92 Å². The molecule has 0 heterocycles. The highest BCUT2D eigenvalue weighted by Crippen LogP contribution is 2.29. The van der Waals surface area contributed by atoms with Gasteiger partial charge >= 0.3 is 0 Å². The molecular weight excluding hydrogens is 266 g/mol. The van der Waals surface area contributed by atoms with Crippen LogP contribution < -0.4 is 0 Å². The van der Waals surface area contributed by atoms with Gasteiger partial charge in [0, 0.05) is 29.5 Å². The lowest BCUT2D eigenvalue weighted by molar-refractivity contribution is -0.138. The molecule has 0 aromatic heterocycles. The molecule has 0 fully saturated rings. The van der Waals surface area contributed by atoms with Crippen LogP contribution in [0.2, 0.25) is 0 Å². The number of hydrogen-bond donors (Lipinski definition) is 0. The molecule has 0 N–H and O–H groups in total. The molecule has 0 spiro atoms. The lowest BCUT2D eigenvalue weighted by atomic mass is 10.0. The Morgan fingerprint density at radius 1 is 1.05 bits per heavy atom. The largest absolute Gasteiger partial charge is 0.338 e. The Bertz CT molecular complexity index is 451. The number of benzene rings is 1. The predicted molar refractivity (Wildman–Crippen MR) is 88.0 cm³/mol. The molecule has 0 unspecified atom stereocenters. The first-order chi connectivity index (χ1) is 9.66. The fourth-order valence-electron chi connectivity index (χ4n) is 2.27. The minimum atomic E-state index is -0.888. The molecule has 1 aromatic carbocycles. The normalized spacial score (nSPS) is 16.7. The fraction of sp³-hybridized carbons (Fsp3) is 0.588. The molecule has 2 atom stereocenters. The van der Waals surface area contributed by atoms with Gasteiger partial charge in [-0.1, -0.05) is 32.0 Å². The first-order valence-corrected chi connectivity index (χ1v) is 8.04. The summed E-state index contributed by atoms with van der Waals surface area (Å²) in [5.41, 5.74) is 0. The zero-order chi connectivity index (χ0) is 16.2. The predicted octanol–water partition coefficient (Wildman–Crippen LogP) is 4.45. The van der Waals surface area contributed by atoms with Crippen molar-refractivity contribution in [1.29, 1.82) is 0 Å². The Hall–Kier alpha value is -0.960. The van der Waals surface area contributed by atoms with Crippen molar-refractivity contribution < 1.29 is 6.17 Å². The summed E-state index contributed by atoms with van der Waals surface area (Å²) in [6.07, 6.45) is 0. The molecule has 1 aromatic rings. The average Bonchev–Trinajstić information content (AvgIpc) is 2.37. The summed E-state index contributed by atoms with van der Waals surface area (Å²) in [4.78, 5) is 15.7. The number of nitrogens with zero attached hydrogens (tertiary/aromatic N) is 1. The summed E-state index contributed by atoms with van der Waals surface area (Å²) >= 11 is 1.44. The maximum atomic E-state index is 12.8. The van der Waals surface area contributed by atoms with Crippen molar-refractivity contribution in [3.63, 3.8) is 0 Å². The van der Waals surface area contributed by atoms with E-state index in [0.29, 0.717) is 0 Å². The average molecular weight is 294 g/mol. The van der Waals surface area contributed by atoms with Crippen molar-refractivity contribution in [2.75, 3.05) is 0 Å². The van der Waals surface area contributed by atoms with Crippen LogP contribution in [-0.4, -0.2) is 28.1 Å². The number of rotatable bonds is 6. The molecule has 0 aliphatic rings. The van der Waals surface area contributed by atoms with E-state index in [1.165, 1.54) is 11.8 Å². The Morgan fingerprint density at radius 3 is 2.00 bits per heavy atom. The van der Waals surface area contributed by atoms with E-state index >= 15 is 0 Å². The summed E-state index contributed by atoms with van der Waals surface area (Å²) in [7, 11) is 0. The van der Waals surface area contributed by atoms with Crippen LogP contribution in [0.5, 0.6) is 0 Å². The highest BCUT2D eigenvalue weighted by molar-refractivity contribution is 8.00. The lowest BCUT2D eigenvalue weighted by Crippen LogP contribution is -2.46.